The zero-order valence-electron chi connectivity index (χ0n) is 16.1. The van der Waals surface area contributed by atoms with E-state index >= 15 is 0 Å². The highest BCUT2D eigenvalue weighted by Gasteiger charge is 2.09. The third kappa shape index (κ3) is 5.57. The Kier molecular flexibility index (Phi) is 8.04. The zero-order chi connectivity index (χ0) is 19.2. The number of aliphatic imine (C=N–C) groups is 1. The summed E-state index contributed by atoms with van der Waals surface area (Å²) in [5.41, 5.74) is 2.06. The average molecular weight is 497 g/mol. The molecule has 28 heavy (non-hydrogen) atoms. The Morgan fingerprint density at radius 1 is 1.21 bits per heavy atom. The van der Waals surface area contributed by atoms with Crippen LogP contribution in [-0.4, -0.2) is 35.2 Å². The Morgan fingerprint density at radius 3 is 2.71 bits per heavy atom. The molecule has 0 bridgehead atoms. The first-order chi connectivity index (χ1) is 13.1. The highest BCUT2D eigenvalue weighted by Crippen LogP contribution is 2.14. The zero-order valence-corrected chi connectivity index (χ0v) is 18.5. The van der Waals surface area contributed by atoms with Gasteiger partial charge in [0.2, 0.25) is 0 Å². The number of para-hydroxylation sites is 2. The Labute approximate surface area is 181 Å². The Morgan fingerprint density at radius 2 is 2.00 bits per heavy atom. The van der Waals surface area contributed by atoms with E-state index in [-0.39, 0.29) is 35.9 Å². The maximum atomic E-state index is 13.2. The minimum atomic E-state index is -0.312. The molecular weight excluding hydrogens is 472 g/mol. The summed E-state index contributed by atoms with van der Waals surface area (Å²) in [4.78, 5) is 8.86. The van der Waals surface area contributed by atoms with E-state index < -0.39 is 0 Å². The van der Waals surface area contributed by atoms with Gasteiger partial charge in [-0.1, -0.05) is 18.2 Å². The summed E-state index contributed by atoms with van der Waals surface area (Å²) in [6, 6.07) is 14.1. The van der Waals surface area contributed by atoms with Gasteiger partial charge in [0.05, 0.1) is 24.1 Å². The molecule has 6 nitrogen and oxygen atoms in total. The van der Waals surface area contributed by atoms with E-state index in [1.807, 2.05) is 38.2 Å². The van der Waals surface area contributed by atoms with Crippen molar-refractivity contribution < 1.29 is 9.13 Å². The number of aromatic nitrogens is 2. The molecule has 1 unspecified atom stereocenters. The predicted molar refractivity (Wildman–Crippen MR) is 121 cm³/mol. The number of nitrogens with zero attached hydrogens (tertiary/aromatic N) is 3. The van der Waals surface area contributed by atoms with Crippen LogP contribution in [0.2, 0.25) is 0 Å². The average Bonchev–Trinajstić information content (AvgIpc) is 2.98. The third-order valence-corrected chi connectivity index (χ3v) is 4.21. The van der Waals surface area contributed by atoms with Crippen molar-refractivity contribution in [3.05, 3.63) is 60.2 Å². The number of fused-ring (bicyclic) bond motifs is 1. The normalized spacial score (nSPS) is 12.4. The summed E-state index contributed by atoms with van der Waals surface area (Å²) in [7, 11) is 3.71. The molecule has 0 aliphatic carbocycles. The molecule has 0 saturated heterocycles. The Hall–Kier alpha value is -2.36. The summed E-state index contributed by atoms with van der Waals surface area (Å²) in [6.07, 6.45) is -0.152. The molecule has 0 aliphatic heterocycles. The van der Waals surface area contributed by atoms with Crippen LogP contribution in [0.5, 0.6) is 5.75 Å². The van der Waals surface area contributed by atoms with Crippen LogP contribution in [-0.2, 0) is 13.6 Å². The van der Waals surface area contributed by atoms with Crippen LogP contribution in [0, 0.1) is 5.82 Å². The van der Waals surface area contributed by atoms with E-state index in [9.17, 15) is 4.39 Å². The van der Waals surface area contributed by atoms with Crippen LogP contribution in [0.15, 0.2) is 53.5 Å². The fraction of sp³-hybridized carbons (Fsp3) is 0.300. The Bertz CT molecular complexity index is 943. The second-order valence-corrected chi connectivity index (χ2v) is 6.27. The predicted octanol–water partition coefficient (Wildman–Crippen LogP) is 3.46. The van der Waals surface area contributed by atoms with Crippen LogP contribution >= 0.6 is 24.0 Å². The lowest BCUT2D eigenvalue weighted by atomic mass is 10.3. The SMILES string of the molecule is CN=C(NCc1nc2ccccc2n1C)NCC(C)Oc1cccc(F)c1.I. The molecule has 0 spiro atoms. The van der Waals surface area contributed by atoms with Crippen molar-refractivity contribution in [1.82, 2.24) is 20.2 Å². The first-order valence-corrected chi connectivity index (χ1v) is 8.84. The number of benzene rings is 2. The smallest absolute Gasteiger partial charge is 0.191 e. The fourth-order valence-corrected chi connectivity index (χ4v) is 2.79. The second kappa shape index (κ2) is 10.3. The number of hydrogen-bond acceptors (Lipinski definition) is 3. The summed E-state index contributed by atoms with van der Waals surface area (Å²) in [6.45, 7) is 2.99. The molecule has 8 heteroatoms. The number of hydrogen-bond donors (Lipinski definition) is 2. The number of imidazole rings is 1. The van der Waals surface area contributed by atoms with Gasteiger partial charge in [-0.25, -0.2) is 9.37 Å². The van der Waals surface area contributed by atoms with E-state index in [4.69, 9.17) is 4.74 Å². The van der Waals surface area contributed by atoms with Crippen LogP contribution in [0.3, 0.4) is 0 Å². The van der Waals surface area contributed by atoms with Gasteiger partial charge in [0.1, 0.15) is 23.5 Å². The highest BCUT2D eigenvalue weighted by molar-refractivity contribution is 14.0. The van der Waals surface area contributed by atoms with Crippen molar-refractivity contribution in [3.8, 4) is 5.75 Å². The molecule has 0 aliphatic rings. The lowest BCUT2D eigenvalue weighted by Crippen LogP contribution is -2.41. The number of ether oxygens (including phenoxy) is 1. The van der Waals surface area contributed by atoms with Gasteiger partial charge in [-0.2, -0.15) is 0 Å². The number of guanidine groups is 1. The maximum Gasteiger partial charge on any atom is 0.191 e. The number of rotatable bonds is 6. The Balaban J connectivity index is 0.00000280. The topological polar surface area (TPSA) is 63.5 Å². The number of nitrogens with one attached hydrogen (secondary N) is 2. The lowest BCUT2D eigenvalue weighted by Gasteiger charge is -2.17. The molecule has 0 amide bonds. The van der Waals surface area contributed by atoms with Crippen molar-refractivity contribution in [2.24, 2.45) is 12.0 Å². The van der Waals surface area contributed by atoms with E-state index in [0.717, 1.165) is 16.9 Å². The fourth-order valence-electron chi connectivity index (χ4n) is 2.79. The van der Waals surface area contributed by atoms with E-state index in [1.165, 1.54) is 12.1 Å². The third-order valence-electron chi connectivity index (χ3n) is 4.21. The monoisotopic (exact) mass is 497 g/mol. The first-order valence-electron chi connectivity index (χ1n) is 8.84. The minimum Gasteiger partial charge on any atom is -0.489 e. The lowest BCUT2D eigenvalue weighted by molar-refractivity contribution is 0.223. The van der Waals surface area contributed by atoms with Crippen molar-refractivity contribution in [1.29, 1.82) is 0 Å². The van der Waals surface area contributed by atoms with E-state index in [1.54, 1.807) is 19.2 Å². The minimum absolute atomic E-state index is 0. The van der Waals surface area contributed by atoms with Crippen molar-refractivity contribution in [3.63, 3.8) is 0 Å². The van der Waals surface area contributed by atoms with Gasteiger partial charge in [0.15, 0.2) is 5.96 Å². The summed E-state index contributed by atoms with van der Waals surface area (Å²) in [5.74, 6) is 1.76. The molecule has 0 fully saturated rings. The summed E-state index contributed by atoms with van der Waals surface area (Å²) >= 11 is 0. The molecule has 3 rings (SSSR count). The maximum absolute atomic E-state index is 13.2. The molecule has 2 N–H and O–H groups in total. The van der Waals surface area contributed by atoms with E-state index in [0.29, 0.717) is 24.8 Å². The summed E-state index contributed by atoms with van der Waals surface area (Å²) < 4.78 is 21.0. The van der Waals surface area contributed by atoms with Gasteiger partial charge in [0, 0.05) is 20.2 Å². The molecule has 3 aromatic rings. The molecule has 1 atom stereocenters. The van der Waals surface area contributed by atoms with Crippen LogP contribution < -0.4 is 15.4 Å². The molecule has 150 valence electrons. The molecule has 0 radical (unpaired) electrons. The highest BCUT2D eigenvalue weighted by atomic mass is 127. The van der Waals surface area contributed by atoms with Gasteiger partial charge in [-0.3, -0.25) is 4.99 Å². The van der Waals surface area contributed by atoms with Crippen molar-refractivity contribution in [2.45, 2.75) is 19.6 Å². The van der Waals surface area contributed by atoms with Gasteiger partial charge in [0.25, 0.3) is 0 Å². The van der Waals surface area contributed by atoms with E-state index in [2.05, 4.69) is 25.2 Å². The molecule has 1 aromatic heterocycles. The van der Waals surface area contributed by atoms with Crippen LogP contribution in [0.1, 0.15) is 12.7 Å². The first kappa shape index (κ1) is 21.9. The number of aryl methyl sites for hydroxylation is 1. The second-order valence-electron chi connectivity index (χ2n) is 6.27. The quantitative estimate of drug-likeness (QED) is 0.311. The molecule has 1 heterocycles. The number of halogens is 2. The van der Waals surface area contributed by atoms with Crippen LogP contribution in [0.25, 0.3) is 11.0 Å². The van der Waals surface area contributed by atoms with Gasteiger partial charge >= 0.3 is 0 Å². The van der Waals surface area contributed by atoms with Crippen molar-refractivity contribution in [2.75, 3.05) is 13.6 Å². The van der Waals surface area contributed by atoms with Gasteiger partial charge in [-0.15, -0.1) is 24.0 Å². The molecule has 2 aromatic carbocycles. The van der Waals surface area contributed by atoms with Crippen LogP contribution in [0.4, 0.5) is 4.39 Å². The van der Waals surface area contributed by atoms with Gasteiger partial charge < -0.3 is 19.9 Å². The molecular formula is C20H25FIN5O. The molecule has 0 saturated carbocycles. The van der Waals surface area contributed by atoms with Crippen molar-refractivity contribution >= 4 is 41.0 Å². The summed E-state index contributed by atoms with van der Waals surface area (Å²) in [5, 5.41) is 6.47. The largest absolute Gasteiger partial charge is 0.489 e. The van der Waals surface area contributed by atoms with Gasteiger partial charge in [-0.05, 0) is 31.2 Å². The standard InChI is InChI=1S/C20H24FN5O.HI/c1-14(27-16-8-6-7-15(21)11-16)12-23-20(22-2)24-13-19-25-17-9-4-5-10-18(17)26(19)3;/h4-11,14H,12-13H2,1-3H3,(H2,22,23,24);1H.